The molecular weight excluding hydrogens is 306 g/mol. The van der Waals surface area contributed by atoms with Gasteiger partial charge in [-0.05, 0) is 29.5 Å². The Morgan fingerprint density at radius 2 is 1.71 bits per heavy atom. The summed E-state index contributed by atoms with van der Waals surface area (Å²) < 4.78 is 5.38. The SMILES string of the molecule is CCCc1cccc(CCC)c1COC(=O)CC1=CC(=O)NC1=O. The van der Waals surface area contributed by atoms with E-state index in [4.69, 9.17) is 4.74 Å². The molecule has 1 aromatic carbocycles. The molecule has 128 valence electrons. The van der Waals surface area contributed by atoms with Gasteiger partial charge in [0.15, 0.2) is 0 Å². The second kappa shape index (κ2) is 8.43. The van der Waals surface area contributed by atoms with Crippen molar-refractivity contribution in [1.82, 2.24) is 5.32 Å². The van der Waals surface area contributed by atoms with Crippen LogP contribution in [0.1, 0.15) is 49.8 Å². The third-order valence-corrected chi connectivity index (χ3v) is 3.95. The van der Waals surface area contributed by atoms with Crippen LogP contribution in [-0.4, -0.2) is 17.8 Å². The van der Waals surface area contributed by atoms with Gasteiger partial charge in [0.1, 0.15) is 6.61 Å². The van der Waals surface area contributed by atoms with Gasteiger partial charge in [-0.15, -0.1) is 0 Å². The molecule has 2 amide bonds. The van der Waals surface area contributed by atoms with E-state index in [1.165, 1.54) is 11.1 Å². The van der Waals surface area contributed by atoms with Gasteiger partial charge in [0.25, 0.3) is 11.8 Å². The lowest BCUT2D eigenvalue weighted by atomic mass is 9.96. The molecule has 0 bridgehead atoms. The summed E-state index contributed by atoms with van der Waals surface area (Å²) in [6.07, 6.45) is 4.88. The smallest absolute Gasteiger partial charge is 0.310 e. The zero-order valence-electron chi connectivity index (χ0n) is 14.2. The monoisotopic (exact) mass is 329 g/mol. The fourth-order valence-electron chi connectivity index (χ4n) is 2.82. The van der Waals surface area contributed by atoms with Crippen LogP contribution in [-0.2, 0) is 38.6 Å². The Morgan fingerprint density at radius 1 is 1.08 bits per heavy atom. The molecule has 0 saturated carbocycles. The maximum absolute atomic E-state index is 12.0. The highest BCUT2D eigenvalue weighted by Crippen LogP contribution is 2.20. The molecule has 0 radical (unpaired) electrons. The lowest BCUT2D eigenvalue weighted by Gasteiger charge is -2.14. The van der Waals surface area contributed by atoms with Crippen LogP contribution in [0.2, 0.25) is 0 Å². The van der Waals surface area contributed by atoms with Crippen LogP contribution in [0.25, 0.3) is 0 Å². The van der Waals surface area contributed by atoms with E-state index in [2.05, 4.69) is 31.3 Å². The second-order valence-electron chi connectivity index (χ2n) is 5.88. The molecule has 0 aromatic heterocycles. The van der Waals surface area contributed by atoms with Gasteiger partial charge in [0.2, 0.25) is 0 Å². The molecule has 1 aromatic rings. The Hall–Kier alpha value is -2.43. The molecule has 0 fully saturated rings. The number of carbonyl (C=O) groups excluding carboxylic acids is 3. The van der Waals surface area contributed by atoms with Crippen LogP contribution in [0.4, 0.5) is 0 Å². The van der Waals surface area contributed by atoms with Crippen LogP contribution < -0.4 is 5.32 Å². The van der Waals surface area contributed by atoms with E-state index >= 15 is 0 Å². The Balaban J connectivity index is 2.05. The third-order valence-electron chi connectivity index (χ3n) is 3.95. The maximum Gasteiger partial charge on any atom is 0.310 e. The Labute approximate surface area is 142 Å². The summed E-state index contributed by atoms with van der Waals surface area (Å²) in [6, 6.07) is 6.18. The van der Waals surface area contributed by atoms with E-state index in [1.807, 2.05) is 6.07 Å². The lowest BCUT2D eigenvalue weighted by molar-refractivity contribution is -0.144. The van der Waals surface area contributed by atoms with Crippen LogP contribution in [0.3, 0.4) is 0 Å². The van der Waals surface area contributed by atoms with Crippen molar-refractivity contribution >= 4 is 17.8 Å². The molecule has 1 aliphatic heterocycles. The van der Waals surface area contributed by atoms with Gasteiger partial charge in [-0.1, -0.05) is 44.9 Å². The third kappa shape index (κ3) is 4.54. The number of benzene rings is 1. The van der Waals surface area contributed by atoms with Gasteiger partial charge < -0.3 is 4.74 Å². The molecule has 0 aliphatic carbocycles. The summed E-state index contributed by atoms with van der Waals surface area (Å²) in [7, 11) is 0. The largest absolute Gasteiger partial charge is 0.461 e. The zero-order valence-corrected chi connectivity index (χ0v) is 14.2. The minimum absolute atomic E-state index is 0.153. The van der Waals surface area contributed by atoms with Crippen molar-refractivity contribution in [3.8, 4) is 0 Å². The summed E-state index contributed by atoms with van der Waals surface area (Å²) >= 11 is 0. The van der Waals surface area contributed by atoms with Gasteiger partial charge >= 0.3 is 5.97 Å². The van der Waals surface area contributed by atoms with Crippen molar-refractivity contribution in [3.05, 3.63) is 46.5 Å². The Morgan fingerprint density at radius 3 is 2.21 bits per heavy atom. The fourth-order valence-corrected chi connectivity index (χ4v) is 2.82. The van der Waals surface area contributed by atoms with Gasteiger partial charge in [-0.2, -0.15) is 0 Å². The minimum atomic E-state index is -0.519. The average molecular weight is 329 g/mol. The molecule has 1 aliphatic rings. The van der Waals surface area contributed by atoms with Crippen molar-refractivity contribution in [2.24, 2.45) is 0 Å². The molecule has 1 heterocycles. The highest BCUT2D eigenvalue weighted by Gasteiger charge is 2.23. The van der Waals surface area contributed by atoms with E-state index < -0.39 is 17.8 Å². The van der Waals surface area contributed by atoms with Gasteiger partial charge in [0, 0.05) is 11.6 Å². The molecule has 5 heteroatoms. The fraction of sp³-hybridized carbons (Fsp3) is 0.421. The first-order valence-corrected chi connectivity index (χ1v) is 8.36. The second-order valence-corrected chi connectivity index (χ2v) is 5.88. The van der Waals surface area contributed by atoms with Crippen molar-refractivity contribution in [2.75, 3.05) is 0 Å². The first-order valence-electron chi connectivity index (χ1n) is 8.36. The number of amides is 2. The van der Waals surface area contributed by atoms with E-state index in [0.717, 1.165) is 37.3 Å². The Bertz CT molecular complexity index is 652. The van der Waals surface area contributed by atoms with Crippen molar-refractivity contribution in [2.45, 2.75) is 52.6 Å². The van der Waals surface area contributed by atoms with Crippen LogP contribution in [0.5, 0.6) is 0 Å². The van der Waals surface area contributed by atoms with Crippen molar-refractivity contribution < 1.29 is 19.1 Å². The maximum atomic E-state index is 12.0. The lowest BCUT2D eigenvalue weighted by Crippen LogP contribution is -2.23. The number of aryl methyl sites for hydroxylation is 2. The Kier molecular flexibility index (Phi) is 6.29. The highest BCUT2D eigenvalue weighted by molar-refractivity contribution is 6.17. The number of imide groups is 1. The van der Waals surface area contributed by atoms with Crippen LogP contribution in [0.15, 0.2) is 29.8 Å². The van der Waals surface area contributed by atoms with Gasteiger partial charge in [0.05, 0.1) is 6.42 Å². The molecule has 1 N–H and O–H groups in total. The van der Waals surface area contributed by atoms with Crippen LogP contribution >= 0.6 is 0 Å². The molecule has 24 heavy (non-hydrogen) atoms. The minimum Gasteiger partial charge on any atom is -0.461 e. The quantitative estimate of drug-likeness (QED) is 0.588. The number of nitrogens with one attached hydrogen (secondary N) is 1. The normalized spacial score (nSPS) is 13.7. The molecule has 5 nitrogen and oxygen atoms in total. The first kappa shape index (κ1) is 17.9. The number of carbonyl (C=O) groups is 3. The summed E-state index contributed by atoms with van der Waals surface area (Å²) in [5.41, 5.74) is 3.62. The first-order chi connectivity index (χ1) is 11.5. The van der Waals surface area contributed by atoms with E-state index in [9.17, 15) is 14.4 Å². The van der Waals surface area contributed by atoms with Crippen molar-refractivity contribution in [3.63, 3.8) is 0 Å². The number of ether oxygens (including phenoxy) is 1. The number of hydrogen-bond donors (Lipinski definition) is 1. The molecule has 0 unspecified atom stereocenters. The van der Waals surface area contributed by atoms with Crippen LogP contribution in [0, 0.1) is 0 Å². The summed E-state index contributed by atoms with van der Waals surface area (Å²) in [6.45, 7) is 4.43. The van der Waals surface area contributed by atoms with E-state index in [1.54, 1.807) is 0 Å². The van der Waals surface area contributed by atoms with E-state index in [-0.39, 0.29) is 18.6 Å². The molecular formula is C19H23NO4. The summed E-state index contributed by atoms with van der Waals surface area (Å²) in [4.78, 5) is 34.6. The predicted molar refractivity (Wildman–Crippen MR) is 90.1 cm³/mol. The molecule has 2 rings (SSSR count). The predicted octanol–water partition coefficient (Wildman–Crippen LogP) is 2.61. The van der Waals surface area contributed by atoms with Gasteiger partial charge in [-0.25, -0.2) is 0 Å². The standard InChI is InChI=1S/C19H23NO4/c1-3-6-13-8-5-9-14(7-4-2)16(13)12-24-18(22)11-15-10-17(21)20-19(15)23/h5,8-10H,3-4,6-7,11-12H2,1-2H3,(H,20,21,23). The molecule has 0 saturated heterocycles. The zero-order chi connectivity index (χ0) is 17.5. The average Bonchev–Trinajstić information content (AvgIpc) is 2.85. The van der Waals surface area contributed by atoms with E-state index in [0.29, 0.717) is 0 Å². The summed E-state index contributed by atoms with van der Waals surface area (Å²) in [5.74, 6) is -1.50. The topological polar surface area (TPSA) is 72.5 Å². The molecule has 0 atom stereocenters. The van der Waals surface area contributed by atoms with Crippen molar-refractivity contribution in [1.29, 1.82) is 0 Å². The number of hydrogen-bond acceptors (Lipinski definition) is 4. The van der Waals surface area contributed by atoms with Gasteiger partial charge in [-0.3, -0.25) is 19.7 Å². The highest BCUT2D eigenvalue weighted by atomic mass is 16.5. The number of esters is 1. The molecule has 0 spiro atoms. The number of rotatable bonds is 8. The summed E-state index contributed by atoms with van der Waals surface area (Å²) in [5, 5.41) is 2.12.